The number of rotatable bonds is 5. The molecule has 3 fully saturated rings. The number of aliphatic imine (C=N–C) groups is 1. The van der Waals surface area contributed by atoms with Crippen molar-refractivity contribution in [2.75, 3.05) is 52.5 Å². The lowest BCUT2D eigenvalue weighted by atomic mass is 9.87. The van der Waals surface area contributed by atoms with E-state index >= 15 is 0 Å². The van der Waals surface area contributed by atoms with Gasteiger partial charge in [-0.25, -0.2) is 0 Å². The second-order valence-corrected chi connectivity index (χ2v) is 9.90. The van der Waals surface area contributed by atoms with Gasteiger partial charge in [0.15, 0.2) is 5.96 Å². The number of hydrogen-bond acceptors (Lipinski definition) is 4. The van der Waals surface area contributed by atoms with E-state index in [1.165, 1.54) is 43.6 Å². The summed E-state index contributed by atoms with van der Waals surface area (Å²) in [5, 5.41) is 5.76. The molecule has 156 valence electrons. The molecule has 1 aromatic rings. The Kier molecular flexibility index (Phi) is 6.59. The van der Waals surface area contributed by atoms with E-state index in [4.69, 9.17) is 9.73 Å². The van der Waals surface area contributed by atoms with Crippen LogP contribution in [0.4, 0.5) is 0 Å². The van der Waals surface area contributed by atoms with Gasteiger partial charge in [-0.15, -0.1) is 11.3 Å². The van der Waals surface area contributed by atoms with Crippen molar-refractivity contribution in [3.05, 3.63) is 22.4 Å². The molecule has 3 aliphatic heterocycles. The van der Waals surface area contributed by atoms with Gasteiger partial charge >= 0.3 is 0 Å². The fraction of sp³-hybridized carbons (Fsp3) is 0.773. The van der Waals surface area contributed by atoms with E-state index in [0.29, 0.717) is 11.5 Å². The average molecular weight is 405 g/mol. The fourth-order valence-corrected chi connectivity index (χ4v) is 5.74. The molecule has 0 radical (unpaired) electrons. The van der Waals surface area contributed by atoms with Crippen LogP contribution in [-0.2, 0) is 4.74 Å². The molecule has 0 aliphatic carbocycles. The molecule has 0 aromatic carbocycles. The van der Waals surface area contributed by atoms with Gasteiger partial charge in [-0.2, -0.15) is 0 Å². The summed E-state index contributed by atoms with van der Waals surface area (Å²) in [6, 6.07) is 4.88. The number of ether oxygens (including phenoxy) is 1. The van der Waals surface area contributed by atoms with Crippen LogP contribution in [0.1, 0.15) is 50.4 Å². The summed E-state index contributed by atoms with van der Waals surface area (Å²) in [5.74, 6) is 1.95. The first-order valence-corrected chi connectivity index (χ1v) is 12.0. The lowest BCUT2D eigenvalue weighted by Crippen LogP contribution is -2.42. The second kappa shape index (κ2) is 9.14. The van der Waals surface area contributed by atoms with Crippen LogP contribution in [0.3, 0.4) is 0 Å². The van der Waals surface area contributed by atoms with Crippen molar-refractivity contribution in [2.45, 2.75) is 45.6 Å². The summed E-state index contributed by atoms with van der Waals surface area (Å²) in [6.07, 6.45) is 5.04. The Labute approximate surface area is 174 Å². The van der Waals surface area contributed by atoms with E-state index in [0.717, 1.165) is 51.3 Å². The Morgan fingerprint density at radius 1 is 1.36 bits per heavy atom. The van der Waals surface area contributed by atoms with Crippen molar-refractivity contribution in [2.24, 2.45) is 16.3 Å². The summed E-state index contributed by atoms with van der Waals surface area (Å²) in [7, 11) is 0. The van der Waals surface area contributed by atoms with Crippen molar-refractivity contribution >= 4 is 17.3 Å². The monoisotopic (exact) mass is 404 g/mol. The van der Waals surface area contributed by atoms with Crippen molar-refractivity contribution in [3.8, 4) is 0 Å². The number of nitrogens with zero attached hydrogens (tertiary/aromatic N) is 3. The van der Waals surface area contributed by atoms with Crippen LogP contribution < -0.4 is 5.32 Å². The average Bonchev–Trinajstić information content (AvgIpc) is 3.46. The first-order chi connectivity index (χ1) is 13.7. The van der Waals surface area contributed by atoms with Gasteiger partial charge in [0, 0.05) is 36.5 Å². The Morgan fingerprint density at radius 2 is 2.21 bits per heavy atom. The molecule has 0 amide bonds. The lowest BCUT2D eigenvalue weighted by Gasteiger charge is -2.36. The maximum atomic E-state index is 5.71. The highest BCUT2D eigenvalue weighted by Crippen LogP contribution is 2.38. The molecule has 1 spiro atoms. The molecule has 0 bridgehead atoms. The quantitative estimate of drug-likeness (QED) is 0.601. The third kappa shape index (κ3) is 4.55. The summed E-state index contributed by atoms with van der Waals surface area (Å²) in [4.78, 5) is 11.7. The number of nitrogens with one attached hydrogen (secondary N) is 1. The van der Waals surface area contributed by atoms with E-state index in [9.17, 15) is 0 Å². The summed E-state index contributed by atoms with van der Waals surface area (Å²) in [6.45, 7) is 12.7. The Bertz CT molecular complexity index is 633. The molecule has 6 heteroatoms. The predicted octanol–water partition coefficient (Wildman–Crippen LogP) is 3.60. The van der Waals surface area contributed by atoms with Crippen molar-refractivity contribution in [1.82, 2.24) is 15.1 Å². The highest BCUT2D eigenvalue weighted by atomic mass is 32.1. The summed E-state index contributed by atoms with van der Waals surface area (Å²) >= 11 is 1.88. The molecular weight excluding hydrogens is 368 g/mol. The molecule has 1 aromatic heterocycles. The van der Waals surface area contributed by atoms with Crippen LogP contribution in [0.15, 0.2) is 22.5 Å². The topological polar surface area (TPSA) is 40.1 Å². The van der Waals surface area contributed by atoms with Crippen LogP contribution in [0.2, 0.25) is 0 Å². The number of thiophene rings is 1. The van der Waals surface area contributed by atoms with Crippen molar-refractivity contribution in [1.29, 1.82) is 0 Å². The zero-order valence-corrected chi connectivity index (χ0v) is 18.3. The van der Waals surface area contributed by atoms with Crippen LogP contribution in [0.5, 0.6) is 0 Å². The fourth-order valence-electron chi connectivity index (χ4n) is 4.89. The van der Waals surface area contributed by atoms with Crippen molar-refractivity contribution in [3.63, 3.8) is 0 Å². The molecule has 3 aliphatic rings. The molecule has 28 heavy (non-hydrogen) atoms. The van der Waals surface area contributed by atoms with Gasteiger partial charge in [-0.05, 0) is 63.1 Å². The lowest BCUT2D eigenvalue weighted by molar-refractivity contribution is 0.143. The maximum Gasteiger partial charge on any atom is 0.194 e. The van der Waals surface area contributed by atoms with E-state index in [-0.39, 0.29) is 0 Å². The first-order valence-electron chi connectivity index (χ1n) is 11.1. The molecule has 5 nitrogen and oxygen atoms in total. The molecule has 3 saturated heterocycles. The Morgan fingerprint density at radius 3 is 2.89 bits per heavy atom. The smallest absolute Gasteiger partial charge is 0.194 e. The maximum absolute atomic E-state index is 5.71. The van der Waals surface area contributed by atoms with Crippen LogP contribution in [-0.4, -0.2) is 68.2 Å². The van der Waals surface area contributed by atoms with Crippen LogP contribution in [0, 0.1) is 11.3 Å². The van der Waals surface area contributed by atoms with Crippen molar-refractivity contribution < 1.29 is 4.74 Å². The van der Waals surface area contributed by atoms with E-state index in [1.54, 1.807) is 0 Å². The van der Waals surface area contributed by atoms with Crippen LogP contribution in [0.25, 0.3) is 0 Å². The molecule has 2 atom stereocenters. The minimum absolute atomic E-state index is 0.367. The Balaban J connectivity index is 1.47. The third-order valence-electron chi connectivity index (χ3n) is 6.80. The molecule has 0 saturated carbocycles. The number of likely N-dealkylation sites (tertiary alicyclic amines) is 2. The normalized spacial score (nSPS) is 28.4. The molecule has 4 rings (SSSR count). The molecule has 1 N–H and O–H groups in total. The summed E-state index contributed by atoms with van der Waals surface area (Å²) in [5.41, 5.74) is 0.367. The zero-order chi connectivity index (χ0) is 19.4. The number of piperidine rings is 1. The SMILES string of the molecule is CCNC(=NCC(c1cccs1)N1CCC(C)CC1)N1CCC2(CCOC2)C1. The number of hydrogen-bond donors (Lipinski definition) is 1. The zero-order valence-electron chi connectivity index (χ0n) is 17.5. The minimum Gasteiger partial charge on any atom is -0.381 e. The van der Waals surface area contributed by atoms with Gasteiger partial charge in [0.2, 0.25) is 0 Å². The van der Waals surface area contributed by atoms with Gasteiger partial charge < -0.3 is 15.0 Å². The largest absolute Gasteiger partial charge is 0.381 e. The summed E-state index contributed by atoms with van der Waals surface area (Å²) < 4.78 is 5.71. The molecule has 4 heterocycles. The predicted molar refractivity (Wildman–Crippen MR) is 117 cm³/mol. The first kappa shape index (κ1) is 20.2. The third-order valence-corrected chi connectivity index (χ3v) is 7.78. The van der Waals surface area contributed by atoms with E-state index < -0.39 is 0 Å². The van der Waals surface area contributed by atoms with Gasteiger partial charge in [0.05, 0.1) is 19.2 Å². The highest BCUT2D eigenvalue weighted by molar-refractivity contribution is 7.10. The van der Waals surface area contributed by atoms with Gasteiger partial charge in [0.1, 0.15) is 0 Å². The minimum atomic E-state index is 0.367. The van der Waals surface area contributed by atoms with Crippen LogP contribution >= 0.6 is 11.3 Å². The molecular formula is C22H36N4OS. The standard InChI is InChI=1S/C22H36N4OS/c1-3-23-21(26-12-8-22(16-26)9-13-27-17-22)24-15-19(20-5-4-14-28-20)25-10-6-18(2)7-11-25/h4-5,14,18-19H,3,6-13,15-17H2,1-2H3,(H,23,24). The van der Waals surface area contributed by atoms with Gasteiger partial charge in [-0.3, -0.25) is 9.89 Å². The number of guanidine groups is 1. The van der Waals surface area contributed by atoms with E-state index in [2.05, 4.69) is 46.5 Å². The Hall–Kier alpha value is -1.11. The highest BCUT2D eigenvalue weighted by Gasteiger charge is 2.42. The van der Waals surface area contributed by atoms with E-state index in [1.807, 2.05) is 11.3 Å². The second-order valence-electron chi connectivity index (χ2n) is 8.92. The van der Waals surface area contributed by atoms with Gasteiger partial charge in [-0.1, -0.05) is 13.0 Å². The molecule has 2 unspecified atom stereocenters. The van der Waals surface area contributed by atoms with Gasteiger partial charge in [0.25, 0.3) is 0 Å².